The minimum absolute atomic E-state index is 0.983. The zero-order valence-electron chi connectivity index (χ0n) is 10.9. The second kappa shape index (κ2) is 5.64. The number of fused-ring (bicyclic) bond motifs is 1. The molecule has 0 spiro atoms. The van der Waals surface area contributed by atoms with E-state index in [0.29, 0.717) is 0 Å². The third-order valence-corrected chi connectivity index (χ3v) is 2.37. The average Bonchev–Trinajstić information content (AvgIpc) is 2.56. The molecule has 2 aromatic heterocycles. The topological polar surface area (TPSA) is 30.7 Å². The first kappa shape index (κ1) is 12.7. The van der Waals surface area contributed by atoms with Crippen molar-refractivity contribution in [1.29, 1.82) is 0 Å². The first-order valence-electron chi connectivity index (χ1n) is 5.92. The highest BCUT2D eigenvalue weighted by Crippen LogP contribution is 2.19. The molecule has 0 aromatic carbocycles. The van der Waals surface area contributed by atoms with Gasteiger partial charge >= 0.3 is 0 Å². The van der Waals surface area contributed by atoms with Crippen LogP contribution in [-0.4, -0.2) is 14.8 Å². The van der Waals surface area contributed by atoms with E-state index < -0.39 is 0 Å². The van der Waals surface area contributed by atoms with Gasteiger partial charge in [0.2, 0.25) is 0 Å². The van der Waals surface area contributed by atoms with E-state index >= 15 is 0 Å². The first-order valence-corrected chi connectivity index (χ1v) is 5.92. The molecule has 0 unspecified atom stereocenters. The summed E-state index contributed by atoms with van der Waals surface area (Å²) in [6.45, 7) is 8.43. The third kappa shape index (κ3) is 2.40. The predicted molar refractivity (Wildman–Crippen MR) is 68.6 cm³/mol. The summed E-state index contributed by atoms with van der Waals surface area (Å²) in [6, 6.07) is 2.07. The molecule has 0 aliphatic heterocycles. The molecule has 3 heteroatoms. The number of nitrogens with zero attached hydrogens (tertiary/aromatic N) is 3. The van der Waals surface area contributed by atoms with Crippen LogP contribution in [0.1, 0.15) is 38.4 Å². The van der Waals surface area contributed by atoms with Crippen molar-refractivity contribution in [1.82, 2.24) is 14.8 Å². The van der Waals surface area contributed by atoms with Gasteiger partial charge in [0.15, 0.2) is 5.65 Å². The summed E-state index contributed by atoms with van der Waals surface area (Å²) in [7, 11) is 1.93. The molecular formula is C13H21N3. The number of aromatic nitrogens is 3. The van der Waals surface area contributed by atoms with Gasteiger partial charge in [0.05, 0.1) is 5.69 Å². The second-order valence-electron chi connectivity index (χ2n) is 3.94. The van der Waals surface area contributed by atoms with Crippen LogP contribution >= 0.6 is 0 Å². The Morgan fingerprint density at radius 2 is 1.88 bits per heavy atom. The summed E-state index contributed by atoms with van der Waals surface area (Å²) in [6.07, 6.45) is 4.13. The molecule has 0 fully saturated rings. The summed E-state index contributed by atoms with van der Waals surface area (Å²) in [5.74, 6) is 0. The van der Waals surface area contributed by atoms with Crippen LogP contribution in [0.4, 0.5) is 0 Å². The predicted octanol–water partition coefficient (Wildman–Crippen LogP) is 3.26. The Kier molecular flexibility index (Phi) is 4.47. The van der Waals surface area contributed by atoms with Crippen molar-refractivity contribution >= 4 is 11.0 Å². The van der Waals surface area contributed by atoms with Gasteiger partial charge in [-0.25, -0.2) is 4.98 Å². The fourth-order valence-corrected chi connectivity index (χ4v) is 1.75. The maximum Gasteiger partial charge on any atom is 0.157 e. The summed E-state index contributed by atoms with van der Waals surface area (Å²) in [5, 5.41) is 5.57. The Bertz CT molecular complexity index is 457. The highest BCUT2D eigenvalue weighted by molar-refractivity contribution is 5.81. The van der Waals surface area contributed by atoms with Gasteiger partial charge in [-0.2, -0.15) is 5.10 Å². The molecule has 2 heterocycles. The normalized spacial score (nSPS) is 10.1. The molecule has 0 amide bonds. The molecule has 0 saturated heterocycles. The highest BCUT2D eigenvalue weighted by atomic mass is 15.3. The lowest BCUT2D eigenvalue weighted by molar-refractivity contribution is 0.774. The van der Waals surface area contributed by atoms with Crippen molar-refractivity contribution in [2.75, 3.05) is 0 Å². The number of aryl methyl sites for hydroxylation is 3. The van der Waals surface area contributed by atoms with E-state index in [1.807, 2.05) is 24.9 Å². The van der Waals surface area contributed by atoms with E-state index in [2.05, 4.69) is 36.9 Å². The van der Waals surface area contributed by atoms with Crippen LogP contribution in [0.2, 0.25) is 0 Å². The molecule has 0 aliphatic carbocycles. The van der Waals surface area contributed by atoms with Crippen LogP contribution in [-0.2, 0) is 13.5 Å². The van der Waals surface area contributed by atoms with Crippen LogP contribution < -0.4 is 0 Å². The number of rotatable bonds is 1. The zero-order chi connectivity index (χ0) is 12.1. The fraction of sp³-hybridized carbons (Fsp3) is 0.538. The molecule has 0 N–H and O–H groups in total. The molecule has 2 rings (SSSR count). The van der Waals surface area contributed by atoms with E-state index in [9.17, 15) is 0 Å². The van der Waals surface area contributed by atoms with Gasteiger partial charge in [-0.15, -0.1) is 0 Å². The van der Waals surface area contributed by atoms with E-state index in [1.54, 1.807) is 0 Å². The smallest absolute Gasteiger partial charge is 0.157 e. The molecule has 88 valence electrons. The van der Waals surface area contributed by atoms with Crippen molar-refractivity contribution in [3.8, 4) is 0 Å². The van der Waals surface area contributed by atoms with Crippen molar-refractivity contribution in [3.63, 3.8) is 0 Å². The molecule has 2 aromatic rings. The van der Waals surface area contributed by atoms with Gasteiger partial charge in [-0.05, 0) is 25.0 Å². The monoisotopic (exact) mass is 219 g/mol. The molecule has 0 aliphatic rings. The second-order valence-corrected chi connectivity index (χ2v) is 3.94. The molecule has 0 saturated carbocycles. The maximum atomic E-state index is 4.35. The molecule has 0 bridgehead atoms. The van der Waals surface area contributed by atoms with Gasteiger partial charge in [0.1, 0.15) is 0 Å². The summed E-state index contributed by atoms with van der Waals surface area (Å²) in [4.78, 5) is 4.31. The zero-order valence-corrected chi connectivity index (χ0v) is 10.9. The number of pyridine rings is 1. The summed E-state index contributed by atoms with van der Waals surface area (Å²) < 4.78 is 1.84. The fourth-order valence-electron chi connectivity index (χ4n) is 1.75. The van der Waals surface area contributed by atoms with E-state index in [1.165, 1.54) is 17.4 Å². The van der Waals surface area contributed by atoms with Crippen LogP contribution in [0, 0.1) is 6.92 Å². The van der Waals surface area contributed by atoms with Gasteiger partial charge in [0.25, 0.3) is 0 Å². The maximum absolute atomic E-state index is 4.35. The van der Waals surface area contributed by atoms with Crippen molar-refractivity contribution < 1.29 is 0 Å². The average molecular weight is 219 g/mol. The minimum Gasteiger partial charge on any atom is -0.250 e. The summed E-state index contributed by atoms with van der Waals surface area (Å²) >= 11 is 0. The molecular weight excluding hydrogens is 198 g/mol. The Morgan fingerprint density at radius 1 is 1.25 bits per heavy atom. The quantitative estimate of drug-likeness (QED) is 0.737. The third-order valence-electron chi connectivity index (χ3n) is 2.37. The lowest BCUT2D eigenvalue weighted by Gasteiger charge is -1.98. The van der Waals surface area contributed by atoms with E-state index in [4.69, 9.17) is 0 Å². The number of hydrogen-bond donors (Lipinski definition) is 0. The minimum atomic E-state index is 0.983. The molecule has 3 nitrogen and oxygen atoms in total. The van der Waals surface area contributed by atoms with Crippen LogP contribution in [0.3, 0.4) is 0 Å². The highest BCUT2D eigenvalue weighted by Gasteiger charge is 2.08. The van der Waals surface area contributed by atoms with Crippen LogP contribution in [0.25, 0.3) is 11.0 Å². The van der Waals surface area contributed by atoms with Crippen molar-refractivity contribution in [3.05, 3.63) is 23.5 Å². The largest absolute Gasteiger partial charge is 0.250 e. The lowest BCUT2D eigenvalue weighted by Crippen LogP contribution is -1.92. The van der Waals surface area contributed by atoms with E-state index in [-0.39, 0.29) is 0 Å². The van der Waals surface area contributed by atoms with Crippen molar-refractivity contribution in [2.24, 2.45) is 7.05 Å². The standard InChI is InChI=1S/C10H13N3.C3H8/c1-4-8-5-6-11-10-9(8)7(2)12-13(10)3;1-3-2/h5-6H,4H2,1-3H3;3H2,1-2H3. The molecule has 0 atom stereocenters. The van der Waals surface area contributed by atoms with Gasteiger partial charge in [-0.1, -0.05) is 27.2 Å². The Morgan fingerprint density at radius 3 is 2.44 bits per heavy atom. The molecule has 0 radical (unpaired) electrons. The first-order chi connectivity index (χ1) is 7.65. The lowest BCUT2D eigenvalue weighted by atomic mass is 10.1. The van der Waals surface area contributed by atoms with Crippen LogP contribution in [0.15, 0.2) is 12.3 Å². The van der Waals surface area contributed by atoms with Gasteiger partial charge in [0, 0.05) is 18.6 Å². The van der Waals surface area contributed by atoms with Gasteiger partial charge < -0.3 is 0 Å². The van der Waals surface area contributed by atoms with Crippen molar-refractivity contribution in [2.45, 2.75) is 40.5 Å². The van der Waals surface area contributed by atoms with Crippen LogP contribution in [0.5, 0.6) is 0 Å². The Labute approximate surface area is 97.5 Å². The van der Waals surface area contributed by atoms with Gasteiger partial charge in [-0.3, -0.25) is 4.68 Å². The molecule has 16 heavy (non-hydrogen) atoms. The SMILES string of the molecule is CCC.CCc1ccnc2c1c(C)nn2C. The summed E-state index contributed by atoms with van der Waals surface area (Å²) in [5.41, 5.74) is 3.38. The van der Waals surface area contributed by atoms with E-state index in [0.717, 1.165) is 17.8 Å². The Balaban J connectivity index is 0.000000386. The Hall–Kier alpha value is -1.38. The number of hydrogen-bond acceptors (Lipinski definition) is 2.